The number of hydrogen-bond acceptors (Lipinski definition) is 5. The first kappa shape index (κ1) is 10.6. The van der Waals surface area contributed by atoms with Crippen LogP contribution in [0.3, 0.4) is 0 Å². The molecule has 0 spiro atoms. The lowest BCUT2D eigenvalue weighted by atomic mass is 10.5. The molecule has 0 saturated heterocycles. The summed E-state index contributed by atoms with van der Waals surface area (Å²) < 4.78 is 0. The van der Waals surface area contributed by atoms with Crippen molar-refractivity contribution in [1.29, 1.82) is 0 Å². The van der Waals surface area contributed by atoms with E-state index in [0.717, 1.165) is 0 Å². The van der Waals surface area contributed by atoms with Crippen molar-refractivity contribution in [3.8, 4) is 0 Å². The zero-order chi connectivity index (χ0) is 10.0. The number of halogens is 2. The molecule has 1 rings (SSSR count). The van der Waals surface area contributed by atoms with Gasteiger partial charge in [0.2, 0.25) is 5.17 Å². The molecule has 0 amide bonds. The second-order valence-electron chi connectivity index (χ2n) is 2.07. The Morgan fingerprint density at radius 1 is 1.69 bits per heavy atom. The second kappa shape index (κ2) is 4.17. The molecule has 72 valence electrons. The zero-order valence-electron chi connectivity index (χ0n) is 6.45. The molecule has 1 heterocycles. The molecule has 1 aliphatic rings. The van der Waals surface area contributed by atoms with Crippen LogP contribution in [-0.2, 0) is 0 Å². The largest absolute Gasteiger partial charge is 0.340 e. The maximum Gasteiger partial charge on any atom is 0.340 e. The maximum absolute atomic E-state index is 10.4. The van der Waals surface area contributed by atoms with E-state index in [1.807, 2.05) is 0 Å². The first-order chi connectivity index (χ1) is 6.06. The number of allylic oxidation sites excluding steroid dienone is 1. The Labute approximate surface area is 88.3 Å². The van der Waals surface area contributed by atoms with Crippen LogP contribution in [0.4, 0.5) is 0 Å². The SMILES string of the molecule is CSC1N=C(Cl)C([N+](=O)[O-])=C(Cl)N1. The molecule has 1 N–H and O–H groups in total. The predicted molar refractivity (Wildman–Crippen MR) is 53.6 cm³/mol. The van der Waals surface area contributed by atoms with Crippen LogP contribution in [0.15, 0.2) is 15.8 Å². The van der Waals surface area contributed by atoms with E-state index in [1.54, 1.807) is 6.26 Å². The van der Waals surface area contributed by atoms with Crippen LogP contribution in [0, 0.1) is 10.1 Å². The smallest absolute Gasteiger partial charge is 0.340 e. The number of rotatable bonds is 2. The second-order valence-corrected chi connectivity index (χ2v) is 3.73. The lowest BCUT2D eigenvalue weighted by molar-refractivity contribution is -0.415. The molecule has 0 aromatic rings. The first-order valence-electron chi connectivity index (χ1n) is 3.13. The molecular weight excluding hydrogens is 237 g/mol. The van der Waals surface area contributed by atoms with Gasteiger partial charge in [-0.1, -0.05) is 23.2 Å². The molecule has 0 aromatic heterocycles. The Kier molecular flexibility index (Phi) is 3.40. The maximum atomic E-state index is 10.4. The fraction of sp³-hybridized carbons (Fsp3) is 0.400. The first-order valence-corrected chi connectivity index (χ1v) is 5.17. The van der Waals surface area contributed by atoms with Gasteiger partial charge in [0.15, 0.2) is 10.7 Å². The van der Waals surface area contributed by atoms with E-state index in [0.29, 0.717) is 0 Å². The molecule has 5 nitrogen and oxygen atoms in total. The van der Waals surface area contributed by atoms with Crippen molar-refractivity contribution >= 4 is 40.1 Å². The standard InChI is InChI=1S/C5H5Cl2N3O2S/c1-13-5-8-3(6)2(10(11)12)4(7)9-5/h5,8H,1H3. The van der Waals surface area contributed by atoms with Crippen LogP contribution < -0.4 is 5.32 Å². The quantitative estimate of drug-likeness (QED) is 0.453. The Morgan fingerprint density at radius 2 is 2.31 bits per heavy atom. The number of thioether (sulfide) groups is 1. The summed E-state index contributed by atoms with van der Waals surface area (Å²) in [6, 6.07) is 0. The van der Waals surface area contributed by atoms with Gasteiger partial charge in [0, 0.05) is 0 Å². The monoisotopic (exact) mass is 241 g/mol. The van der Waals surface area contributed by atoms with Gasteiger partial charge in [0.1, 0.15) is 0 Å². The Balaban J connectivity index is 2.98. The highest BCUT2D eigenvalue weighted by molar-refractivity contribution is 7.99. The lowest BCUT2D eigenvalue weighted by Crippen LogP contribution is -2.30. The molecule has 13 heavy (non-hydrogen) atoms. The predicted octanol–water partition coefficient (Wildman–Crippen LogP) is 1.56. The molecule has 1 unspecified atom stereocenters. The van der Waals surface area contributed by atoms with Crippen molar-refractivity contribution in [3.05, 3.63) is 21.0 Å². The van der Waals surface area contributed by atoms with E-state index < -0.39 is 4.92 Å². The van der Waals surface area contributed by atoms with E-state index in [-0.39, 0.29) is 21.5 Å². The molecule has 0 fully saturated rings. The van der Waals surface area contributed by atoms with Gasteiger partial charge in [-0.3, -0.25) is 10.1 Å². The number of aliphatic imine (C=N–C) groups is 1. The highest BCUT2D eigenvalue weighted by Crippen LogP contribution is 2.21. The van der Waals surface area contributed by atoms with Crippen LogP contribution in [0.5, 0.6) is 0 Å². The molecule has 0 bridgehead atoms. The molecule has 0 aromatic carbocycles. The van der Waals surface area contributed by atoms with Crippen LogP contribution in [0.25, 0.3) is 0 Å². The van der Waals surface area contributed by atoms with Gasteiger partial charge >= 0.3 is 5.70 Å². The van der Waals surface area contributed by atoms with E-state index in [9.17, 15) is 10.1 Å². The third-order valence-electron chi connectivity index (χ3n) is 1.29. The van der Waals surface area contributed by atoms with Gasteiger partial charge in [-0.25, -0.2) is 4.99 Å². The van der Waals surface area contributed by atoms with Crippen molar-refractivity contribution < 1.29 is 4.92 Å². The Morgan fingerprint density at radius 3 is 2.69 bits per heavy atom. The van der Waals surface area contributed by atoms with E-state index in [1.165, 1.54) is 11.8 Å². The summed E-state index contributed by atoms with van der Waals surface area (Å²) in [4.78, 5) is 13.6. The number of nitrogens with one attached hydrogen (secondary N) is 1. The lowest BCUT2D eigenvalue weighted by Gasteiger charge is -2.16. The Bertz CT molecular complexity index is 304. The average molecular weight is 242 g/mol. The summed E-state index contributed by atoms with van der Waals surface area (Å²) in [6.45, 7) is 0. The van der Waals surface area contributed by atoms with Gasteiger partial charge in [0.05, 0.1) is 4.92 Å². The van der Waals surface area contributed by atoms with E-state index in [2.05, 4.69) is 10.3 Å². The normalized spacial score (nSPS) is 22.4. The summed E-state index contributed by atoms with van der Waals surface area (Å²) in [6.07, 6.45) is 1.78. The molecule has 8 heteroatoms. The van der Waals surface area contributed by atoms with Crippen LogP contribution >= 0.6 is 35.0 Å². The molecule has 1 atom stereocenters. The van der Waals surface area contributed by atoms with Crippen LogP contribution in [0.1, 0.15) is 0 Å². The van der Waals surface area contributed by atoms with Crippen molar-refractivity contribution in [3.63, 3.8) is 0 Å². The van der Waals surface area contributed by atoms with Crippen molar-refractivity contribution in [2.24, 2.45) is 4.99 Å². The molecule has 0 radical (unpaired) electrons. The number of hydrogen-bond donors (Lipinski definition) is 1. The van der Waals surface area contributed by atoms with Gasteiger partial charge in [-0.2, -0.15) is 0 Å². The van der Waals surface area contributed by atoms with Crippen LogP contribution in [-0.4, -0.2) is 21.8 Å². The fourth-order valence-electron chi connectivity index (χ4n) is 0.731. The highest BCUT2D eigenvalue weighted by atomic mass is 35.5. The van der Waals surface area contributed by atoms with Crippen molar-refractivity contribution in [2.45, 2.75) is 5.50 Å². The average Bonchev–Trinajstić information content (AvgIpc) is 2.02. The summed E-state index contributed by atoms with van der Waals surface area (Å²) in [5.41, 5.74) is -0.739. The minimum absolute atomic E-state index is 0.0793. The molecular formula is C5H5Cl2N3O2S. The Hall–Kier alpha value is -0.460. The van der Waals surface area contributed by atoms with Gasteiger partial charge in [0.25, 0.3) is 0 Å². The number of nitro groups is 1. The molecule has 0 aliphatic carbocycles. The van der Waals surface area contributed by atoms with Gasteiger partial charge < -0.3 is 5.32 Å². The minimum Gasteiger partial charge on any atom is -0.340 e. The van der Waals surface area contributed by atoms with Crippen LogP contribution in [0.2, 0.25) is 0 Å². The highest BCUT2D eigenvalue weighted by Gasteiger charge is 2.29. The summed E-state index contributed by atoms with van der Waals surface area (Å²) >= 11 is 12.5. The third-order valence-corrected chi connectivity index (χ3v) is 2.52. The van der Waals surface area contributed by atoms with Gasteiger partial charge in [-0.15, -0.1) is 11.8 Å². The van der Waals surface area contributed by atoms with Crippen molar-refractivity contribution in [1.82, 2.24) is 5.32 Å². The minimum atomic E-state index is -0.669. The summed E-state index contributed by atoms with van der Waals surface area (Å²) in [7, 11) is 0. The topological polar surface area (TPSA) is 67.5 Å². The van der Waals surface area contributed by atoms with Crippen molar-refractivity contribution in [2.75, 3.05) is 6.26 Å². The summed E-state index contributed by atoms with van der Waals surface area (Å²) in [5, 5.41) is 12.8. The summed E-state index contributed by atoms with van der Waals surface area (Å²) in [5.74, 6) is 0. The molecule has 1 aliphatic heterocycles. The van der Waals surface area contributed by atoms with E-state index in [4.69, 9.17) is 23.2 Å². The zero-order valence-corrected chi connectivity index (χ0v) is 8.78. The van der Waals surface area contributed by atoms with Gasteiger partial charge in [-0.05, 0) is 6.26 Å². The molecule has 0 saturated carbocycles. The van der Waals surface area contributed by atoms with E-state index >= 15 is 0 Å². The fourth-order valence-corrected chi connectivity index (χ4v) is 1.87. The third kappa shape index (κ3) is 2.26. The number of nitrogens with zero attached hydrogens (tertiary/aromatic N) is 2.